The summed E-state index contributed by atoms with van der Waals surface area (Å²) in [6.45, 7) is 1.57. The normalized spacial score (nSPS) is 18.0. The highest BCUT2D eigenvalue weighted by atomic mass is 16.5. The lowest BCUT2D eigenvalue weighted by Crippen LogP contribution is -2.24. The first-order valence-electron chi connectivity index (χ1n) is 13.2. The van der Waals surface area contributed by atoms with E-state index in [1.165, 1.54) is 18.4 Å². The Kier molecular flexibility index (Phi) is 7.75. The fraction of sp³-hybridized carbons (Fsp3) is 0.387. The second kappa shape index (κ2) is 11.5. The summed E-state index contributed by atoms with van der Waals surface area (Å²) in [5.74, 6) is 1.86. The van der Waals surface area contributed by atoms with Crippen molar-refractivity contribution in [3.8, 4) is 11.5 Å². The third kappa shape index (κ3) is 5.84. The van der Waals surface area contributed by atoms with Gasteiger partial charge in [-0.05, 0) is 80.0 Å². The molecule has 1 aliphatic carbocycles. The molecule has 1 saturated heterocycles. The summed E-state index contributed by atoms with van der Waals surface area (Å²) in [5, 5.41) is 3.52. The van der Waals surface area contributed by atoms with Gasteiger partial charge in [0.25, 0.3) is 0 Å². The number of amides is 1. The van der Waals surface area contributed by atoms with Crippen LogP contribution in [0.25, 0.3) is 0 Å². The van der Waals surface area contributed by atoms with Gasteiger partial charge >= 0.3 is 0 Å². The van der Waals surface area contributed by atoms with Gasteiger partial charge in [-0.2, -0.15) is 0 Å². The van der Waals surface area contributed by atoms with Crippen LogP contribution in [0.3, 0.4) is 0 Å². The van der Waals surface area contributed by atoms with Gasteiger partial charge in [-0.3, -0.25) is 4.79 Å². The van der Waals surface area contributed by atoms with Crippen molar-refractivity contribution in [1.82, 2.24) is 0 Å². The maximum Gasteiger partial charge on any atom is 0.227 e. The molecule has 2 aliphatic rings. The number of carbonyl (C=O) groups is 1. The van der Waals surface area contributed by atoms with E-state index in [9.17, 15) is 4.79 Å². The van der Waals surface area contributed by atoms with E-state index in [0.29, 0.717) is 13.0 Å². The molecule has 1 heterocycles. The summed E-state index contributed by atoms with van der Waals surface area (Å²) in [5.41, 5.74) is 4.49. The molecular formula is C31H36N2O3. The van der Waals surface area contributed by atoms with Crippen molar-refractivity contribution in [2.75, 3.05) is 30.4 Å². The molecule has 3 aromatic carbocycles. The number of hydrogen-bond donors (Lipinski definition) is 1. The van der Waals surface area contributed by atoms with E-state index in [1.54, 1.807) is 7.11 Å². The first-order chi connectivity index (χ1) is 17.7. The van der Waals surface area contributed by atoms with Crippen LogP contribution in [0.4, 0.5) is 11.4 Å². The molecule has 0 spiro atoms. The molecule has 1 amide bonds. The number of anilines is 2. The third-order valence-corrected chi connectivity index (χ3v) is 7.35. The van der Waals surface area contributed by atoms with Crippen LogP contribution in [0.1, 0.15) is 55.6 Å². The van der Waals surface area contributed by atoms with Crippen LogP contribution in [-0.2, 0) is 11.2 Å². The molecule has 0 radical (unpaired) electrons. The molecule has 188 valence electrons. The average molecular weight is 485 g/mol. The first-order valence-corrected chi connectivity index (χ1v) is 13.2. The van der Waals surface area contributed by atoms with Crippen molar-refractivity contribution in [2.24, 2.45) is 0 Å². The summed E-state index contributed by atoms with van der Waals surface area (Å²) in [7, 11) is 1.68. The number of methoxy groups -OCH3 is 1. The molecule has 0 bridgehead atoms. The van der Waals surface area contributed by atoms with Crippen LogP contribution in [0.5, 0.6) is 11.5 Å². The maximum atomic E-state index is 13.0. The summed E-state index contributed by atoms with van der Waals surface area (Å²) in [6, 6.07) is 24.9. The highest BCUT2D eigenvalue weighted by Crippen LogP contribution is 2.38. The number of nitrogens with zero attached hydrogens (tertiary/aromatic N) is 1. The van der Waals surface area contributed by atoms with Crippen LogP contribution in [0, 0.1) is 0 Å². The Labute approximate surface area is 214 Å². The number of aryl methyl sites for hydroxylation is 1. The Balaban J connectivity index is 1.21. The zero-order valence-electron chi connectivity index (χ0n) is 21.1. The molecule has 5 rings (SSSR count). The van der Waals surface area contributed by atoms with Crippen LogP contribution < -0.4 is 19.7 Å². The monoisotopic (exact) mass is 484 g/mol. The standard InChI is InChI=1S/C31H36N2O3/c1-35-29-17-16-24(19-30(29)36-28-14-5-6-15-28)25-20-31(34)33(22-25)27-13-7-12-26(21-27)32-18-8-11-23-9-3-2-4-10-23/h2-4,7,9-10,12-13,16-17,19,21,25,28,32H,5-6,8,11,14-15,18,20,22H2,1H3/t25-/m0/s1. The van der Waals surface area contributed by atoms with Gasteiger partial charge in [-0.15, -0.1) is 0 Å². The molecule has 36 heavy (non-hydrogen) atoms. The van der Waals surface area contributed by atoms with Gasteiger partial charge in [0.2, 0.25) is 5.91 Å². The van der Waals surface area contributed by atoms with Crippen molar-refractivity contribution in [1.29, 1.82) is 0 Å². The fourth-order valence-electron chi connectivity index (χ4n) is 5.36. The highest BCUT2D eigenvalue weighted by Gasteiger charge is 2.32. The van der Waals surface area contributed by atoms with E-state index in [4.69, 9.17) is 9.47 Å². The second-order valence-electron chi connectivity index (χ2n) is 9.91. The van der Waals surface area contributed by atoms with Gasteiger partial charge < -0.3 is 19.7 Å². The second-order valence-corrected chi connectivity index (χ2v) is 9.91. The molecule has 5 heteroatoms. The minimum atomic E-state index is 0.136. The largest absolute Gasteiger partial charge is 0.493 e. The maximum absolute atomic E-state index is 13.0. The lowest BCUT2D eigenvalue weighted by Gasteiger charge is -2.20. The van der Waals surface area contributed by atoms with Gasteiger partial charge in [0.1, 0.15) is 0 Å². The Morgan fingerprint density at radius 3 is 2.58 bits per heavy atom. The van der Waals surface area contributed by atoms with E-state index >= 15 is 0 Å². The summed E-state index contributed by atoms with van der Waals surface area (Å²) in [6.07, 6.45) is 7.51. The number of benzene rings is 3. The van der Waals surface area contributed by atoms with Crippen LogP contribution in [0.2, 0.25) is 0 Å². The molecule has 3 aromatic rings. The first kappa shape index (κ1) is 24.2. The van der Waals surface area contributed by atoms with E-state index in [-0.39, 0.29) is 17.9 Å². The minimum Gasteiger partial charge on any atom is -0.493 e. The van der Waals surface area contributed by atoms with Crippen molar-refractivity contribution >= 4 is 17.3 Å². The van der Waals surface area contributed by atoms with Gasteiger partial charge in [0.05, 0.1) is 13.2 Å². The zero-order valence-corrected chi connectivity index (χ0v) is 21.1. The molecular weight excluding hydrogens is 448 g/mol. The average Bonchev–Trinajstić information content (AvgIpc) is 3.57. The molecule has 1 aliphatic heterocycles. The number of ether oxygens (including phenoxy) is 2. The van der Waals surface area contributed by atoms with Crippen LogP contribution >= 0.6 is 0 Å². The van der Waals surface area contributed by atoms with E-state index in [1.807, 2.05) is 23.1 Å². The van der Waals surface area contributed by atoms with Crippen LogP contribution in [0.15, 0.2) is 72.8 Å². The van der Waals surface area contributed by atoms with E-state index in [2.05, 4.69) is 59.9 Å². The highest BCUT2D eigenvalue weighted by molar-refractivity contribution is 5.97. The molecule has 1 saturated carbocycles. The Bertz CT molecular complexity index is 1160. The third-order valence-electron chi connectivity index (χ3n) is 7.35. The smallest absolute Gasteiger partial charge is 0.227 e. The van der Waals surface area contributed by atoms with Crippen LogP contribution in [-0.4, -0.2) is 32.2 Å². The Hall–Kier alpha value is -3.47. The lowest BCUT2D eigenvalue weighted by molar-refractivity contribution is -0.117. The number of rotatable bonds is 10. The number of hydrogen-bond acceptors (Lipinski definition) is 4. The van der Waals surface area contributed by atoms with Gasteiger partial charge in [-0.1, -0.05) is 42.5 Å². The molecule has 5 nitrogen and oxygen atoms in total. The van der Waals surface area contributed by atoms with Crippen molar-refractivity contribution < 1.29 is 14.3 Å². The summed E-state index contributed by atoms with van der Waals surface area (Å²) < 4.78 is 11.8. The minimum absolute atomic E-state index is 0.136. The molecule has 1 N–H and O–H groups in total. The molecule has 0 aromatic heterocycles. The topological polar surface area (TPSA) is 50.8 Å². The Morgan fingerprint density at radius 2 is 1.78 bits per heavy atom. The van der Waals surface area contributed by atoms with Crippen molar-refractivity contribution in [3.63, 3.8) is 0 Å². The fourth-order valence-corrected chi connectivity index (χ4v) is 5.36. The summed E-state index contributed by atoms with van der Waals surface area (Å²) >= 11 is 0. The van der Waals surface area contributed by atoms with E-state index in [0.717, 1.165) is 60.7 Å². The van der Waals surface area contributed by atoms with Crippen molar-refractivity contribution in [3.05, 3.63) is 83.9 Å². The van der Waals surface area contributed by atoms with E-state index < -0.39 is 0 Å². The van der Waals surface area contributed by atoms with Gasteiger partial charge in [-0.25, -0.2) is 0 Å². The zero-order chi connectivity index (χ0) is 24.7. The molecule has 1 atom stereocenters. The molecule has 0 unspecified atom stereocenters. The quantitative estimate of drug-likeness (QED) is 0.330. The van der Waals surface area contributed by atoms with Crippen molar-refractivity contribution in [2.45, 2.75) is 57.0 Å². The number of carbonyl (C=O) groups excluding carboxylic acids is 1. The Morgan fingerprint density at radius 1 is 0.944 bits per heavy atom. The summed E-state index contributed by atoms with van der Waals surface area (Å²) in [4.78, 5) is 14.9. The van der Waals surface area contributed by atoms with Gasteiger partial charge in [0, 0.05) is 36.8 Å². The van der Waals surface area contributed by atoms with Gasteiger partial charge in [0.15, 0.2) is 11.5 Å². The molecule has 2 fully saturated rings. The predicted octanol–water partition coefficient (Wildman–Crippen LogP) is 6.58. The lowest BCUT2D eigenvalue weighted by atomic mass is 9.98. The predicted molar refractivity (Wildman–Crippen MR) is 145 cm³/mol. The number of nitrogens with one attached hydrogen (secondary N) is 1. The SMILES string of the molecule is COc1ccc([C@H]2CC(=O)N(c3cccc(NCCCc4ccccc4)c3)C2)cc1OC1CCCC1.